The van der Waals surface area contributed by atoms with Crippen molar-refractivity contribution in [2.75, 3.05) is 33.7 Å². The molecule has 1 aliphatic rings. The lowest BCUT2D eigenvalue weighted by Gasteiger charge is -2.37. The number of hydrogen-bond acceptors (Lipinski definition) is 4. The van der Waals surface area contributed by atoms with Gasteiger partial charge in [-0.15, -0.1) is 0 Å². The molecule has 2 unspecified atom stereocenters. The Morgan fingerprint density at radius 3 is 2.67 bits per heavy atom. The monoisotopic (exact) mass is 311 g/mol. The van der Waals surface area contributed by atoms with Crippen molar-refractivity contribution < 1.29 is 8.42 Å². The topological polar surface area (TPSA) is 52.7 Å². The number of likely N-dealkylation sites (N-methyl/N-ethyl adjacent to an activating group) is 1. The van der Waals surface area contributed by atoms with Gasteiger partial charge in [0, 0.05) is 31.7 Å². The van der Waals surface area contributed by atoms with Crippen LogP contribution in [0.25, 0.3) is 0 Å². The Morgan fingerprint density at radius 2 is 2.05 bits per heavy atom. The Morgan fingerprint density at radius 1 is 1.33 bits per heavy atom. The zero-order valence-corrected chi connectivity index (χ0v) is 14.0. The average Bonchev–Trinajstić information content (AvgIpc) is 2.46. The summed E-state index contributed by atoms with van der Waals surface area (Å²) in [6.07, 6.45) is 0. The fourth-order valence-electron chi connectivity index (χ4n) is 2.73. The van der Waals surface area contributed by atoms with Crippen molar-refractivity contribution in [3.8, 4) is 0 Å². The summed E-state index contributed by atoms with van der Waals surface area (Å²) in [7, 11) is 0.473. The summed E-state index contributed by atoms with van der Waals surface area (Å²) >= 11 is 0. The van der Waals surface area contributed by atoms with Crippen LogP contribution in [0, 0.1) is 0 Å². The fourth-order valence-corrected chi connectivity index (χ4v) is 4.40. The van der Waals surface area contributed by atoms with E-state index >= 15 is 0 Å². The molecular weight excluding hydrogens is 286 g/mol. The zero-order valence-electron chi connectivity index (χ0n) is 13.2. The van der Waals surface area contributed by atoms with Gasteiger partial charge in [-0.25, -0.2) is 8.42 Å². The molecule has 0 amide bonds. The highest BCUT2D eigenvalue weighted by atomic mass is 32.2. The molecule has 0 aliphatic carbocycles. The molecule has 118 valence electrons. The minimum Gasteiger partial charge on any atom is -0.313 e. The molecule has 6 heteroatoms. The Bertz CT molecular complexity index is 588. The summed E-state index contributed by atoms with van der Waals surface area (Å²) in [5.41, 5.74) is 0.986. The van der Waals surface area contributed by atoms with Gasteiger partial charge in [0.25, 0.3) is 0 Å². The van der Waals surface area contributed by atoms with E-state index in [1.54, 1.807) is 16.4 Å². The molecule has 0 aromatic heterocycles. The quantitative estimate of drug-likeness (QED) is 0.910. The van der Waals surface area contributed by atoms with Gasteiger partial charge in [0.2, 0.25) is 10.0 Å². The normalized spacial score (nSPS) is 23.1. The second kappa shape index (κ2) is 6.44. The highest BCUT2D eigenvalue weighted by Gasteiger charge is 2.32. The minimum absolute atomic E-state index is 0.000806. The van der Waals surface area contributed by atoms with Gasteiger partial charge in [0.15, 0.2) is 0 Å². The summed E-state index contributed by atoms with van der Waals surface area (Å²) in [4.78, 5) is 2.55. The first-order valence-corrected chi connectivity index (χ1v) is 8.78. The first-order valence-electron chi connectivity index (χ1n) is 7.34. The van der Waals surface area contributed by atoms with Crippen LogP contribution in [-0.4, -0.2) is 57.4 Å². The lowest BCUT2D eigenvalue weighted by atomic mass is 10.1. The van der Waals surface area contributed by atoms with E-state index < -0.39 is 10.0 Å². The third-order valence-electron chi connectivity index (χ3n) is 4.17. The lowest BCUT2D eigenvalue weighted by molar-refractivity contribution is 0.170. The zero-order chi connectivity index (χ0) is 15.6. The van der Waals surface area contributed by atoms with E-state index in [0.29, 0.717) is 11.4 Å². The summed E-state index contributed by atoms with van der Waals surface area (Å²) in [6.45, 7) is 6.07. The molecule has 0 spiro atoms. The van der Waals surface area contributed by atoms with E-state index in [2.05, 4.69) is 10.2 Å². The fraction of sp³-hybridized carbons (Fsp3) is 0.600. The van der Waals surface area contributed by atoms with Crippen LogP contribution in [0.3, 0.4) is 0 Å². The minimum atomic E-state index is -3.42. The first-order chi connectivity index (χ1) is 9.86. The molecule has 1 aromatic carbocycles. The van der Waals surface area contributed by atoms with Crippen LogP contribution in [0.1, 0.15) is 25.5 Å². The van der Waals surface area contributed by atoms with E-state index in [9.17, 15) is 8.42 Å². The molecular formula is C15H25N3O2S. The highest BCUT2D eigenvalue weighted by Crippen LogP contribution is 2.23. The standard InChI is InChI=1S/C15H25N3O2S/c1-12-11-17(4)8-9-18(12)21(19,20)15-7-5-6-14(10-15)13(2)16-3/h5-7,10,12-13,16H,8-9,11H2,1-4H3. The predicted molar refractivity (Wildman–Crippen MR) is 84.8 cm³/mol. The number of rotatable bonds is 4. The van der Waals surface area contributed by atoms with Crippen molar-refractivity contribution in [2.24, 2.45) is 0 Å². The van der Waals surface area contributed by atoms with Gasteiger partial charge >= 0.3 is 0 Å². The second-order valence-electron chi connectivity index (χ2n) is 5.81. The number of hydrogen-bond donors (Lipinski definition) is 1. The SMILES string of the molecule is CNC(C)c1cccc(S(=O)(=O)N2CCN(C)CC2C)c1. The third-order valence-corrected chi connectivity index (χ3v) is 6.18. The van der Waals surface area contributed by atoms with E-state index in [4.69, 9.17) is 0 Å². The van der Waals surface area contributed by atoms with Gasteiger partial charge in [0.05, 0.1) is 4.90 Å². The van der Waals surface area contributed by atoms with Gasteiger partial charge < -0.3 is 10.2 Å². The molecule has 2 rings (SSSR count). The predicted octanol–water partition coefficient (Wildman–Crippen LogP) is 1.29. The van der Waals surface area contributed by atoms with E-state index in [1.165, 1.54) is 0 Å². The van der Waals surface area contributed by atoms with E-state index in [-0.39, 0.29) is 12.1 Å². The number of nitrogens with one attached hydrogen (secondary N) is 1. The third kappa shape index (κ3) is 3.45. The second-order valence-corrected chi connectivity index (χ2v) is 7.70. The largest absolute Gasteiger partial charge is 0.313 e. The van der Waals surface area contributed by atoms with Crippen LogP contribution in [0.2, 0.25) is 0 Å². The molecule has 1 aromatic rings. The molecule has 1 N–H and O–H groups in total. The molecule has 1 heterocycles. The van der Waals surface area contributed by atoms with Crippen LogP contribution in [-0.2, 0) is 10.0 Å². The van der Waals surface area contributed by atoms with Gasteiger partial charge in [-0.1, -0.05) is 12.1 Å². The maximum Gasteiger partial charge on any atom is 0.243 e. The van der Waals surface area contributed by atoms with E-state index in [0.717, 1.165) is 18.7 Å². The first kappa shape index (κ1) is 16.4. The number of benzene rings is 1. The lowest BCUT2D eigenvalue weighted by Crippen LogP contribution is -2.52. The van der Waals surface area contributed by atoms with Gasteiger partial charge in [-0.05, 0) is 45.6 Å². The Hall–Kier alpha value is -0.950. The van der Waals surface area contributed by atoms with Crippen LogP contribution in [0.15, 0.2) is 29.2 Å². The van der Waals surface area contributed by atoms with Crippen LogP contribution in [0.5, 0.6) is 0 Å². The van der Waals surface area contributed by atoms with Crippen molar-refractivity contribution in [2.45, 2.75) is 30.8 Å². The molecule has 21 heavy (non-hydrogen) atoms. The summed E-state index contributed by atoms with van der Waals surface area (Å²) < 4.78 is 27.3. The van der Waals surface area contributed by atoms with Gasteiger partial charge in [-0.2, -0.15) is 4.31 Å². The van der Waals surface area contributed by atoms with Crippen molar-refractivity contribution in [3.63, 3.8) is 0 Å². The summed E-state index contributed by atoms with van der Waals surface area (Å²) in [5.74, 6) is 0. The van der Waals surface area contributed by atoms with Crippen molar-refractivity contribution in [1.29, 1.82) is 0 Å². The molecule has 0 radical (unpaired) electrons. The van der Waals surface area contributed by atoms with Gasteiger partial charge in [0.1, 0.15) is 0 Å². The number of nitrogens with zero attached hydrogens (tertiary/aromatic N) is 2. The van der Waals surface area contributed by atoms with Crippen molar-refractivity contribution >= 4 is 10.0 Å². The van der Waals surface area contributed by atoms with Gasteiger partial charge in [-0.3, -0.25) is 0 Å². The van der Waals surface area contributed by atoms with Crippen LogP contribution >= 0.6 is 0 Å². The van der Waals surface area contributed by atoms with Crippen molar-refractivity contribution in [3.05, 3.63) is 29.8 Å². The smallest absolute Gasteiger partial charge is 0.243 e. The molecule has 2 atom stereocenters. The maximum absolute atomic E-state index is 12.9. The van der Waals surface area contributed by atoms with Crippen LogP contribution in [0.4, 0.5) is 0 Å². The highest BCUT2D eigenvalue weighted by molar-refractivity contribution is 7.89. The molecule has 1 aliphatic heterocycles. The average molecular weight is 311 g/mol. The van der Waals surface area contributed by atoms with Crippen LogP contribution < -0.4 is 5.32 Å². The molecule has 1 saturated heterocycles. The summed E-state index contributed by atoms with van der Waals surface area (Å²) in [6, 6.07) is 7.36. The maximum atomic E-state index is 12.9. The number of piperazine rings is 1. The Balaban J connectivity index is 2.31. The summed E-state index contributed by atoms with van der Waals surface area (Å²) in [5, 5.41) is 3.14. The molecule has 0 bridgehead atoms. The Labute approximate surface area is 128 Å². The Kier molecular flexibility index (Phi) is 5.03. The number of sulfonamides is 1. The molecule has 5 nitrogen and oxygen atoms in total. The van der Waals surface area contributed by atoms with E-state index in [1.807, 2.05) is 40.1 Å². The molecule has 0 saturated carbocycles. The molecule has 1 fully saturated rings. The van der Waals surface area contributed by atoms with Crippen molar-refractivity contribution in [1.82, 2.24) is 14.5 Å².